The topological polar surface area (TPSA) is 127 Å². The summed E-state index contributed by atoms with van der Waals surface area (Å²) in [6, 6.07) is 3.80. The zero-order valence-corrected chi connectivity index (χ0v) is 14.5. The molecule has 1 rings (SSSR count). The monoisotopic (exact) mass is 340 g/mol. The van der Waals surface area contributed by atoms with E-state index in [2.05, 4.69) is 22.2 Å². The van der Waals surface area contributed by atoms with Crippen molar-refractivity contribution in [3.05, 3.63) is 36.4 Å². The molecule has 1 aromatic rings. The number of rotatable bonds is 10. The Bertz CT molecular complexity index is 477. The highest BCUT2D eigenvalue weighted by Crippen LogP contribution is 2.06. The third kappa shape index (κ3) is 10.4. The van der Waals surface area contributed by atoms with Crippen molar-refractivity contribution in [3.8, 4) is 5.75 Å². The number of hydrogen-bond donors (Lipinski definition) is 5. The fraction of sp³-hybridized carbons (Fsp3) is 0.500. The summed E-state index contributed by atoms with van der Waals surface area (Å²) < 4.78 is 7.63. The molecule has 0 aliphatic rings. The smallest absolute Gasteiger partial charge is 0.223 e. The quantitative estimate of drug-likeness (QED) is 0.223. The first-order valence-corrected chi connectivity index (χ1v) is 7.89. The lowest BCUT2D eigenvalue weighted by Crippen LogP contribution is -2.32. The van der Waals surface area contributed by atoms with Gasteiger partial charge in [0.2, 0.25) is 5.91 Å². The van der Waals surface area contributed by atoms with Crippen LogP contribution in [0, 0.1) is 0 Å². The molecule has 1 amide bonds. The maximum Gasteiger partial charge on any atom is 0.223 e. The van der Waals surface area contributed by atoms with Crippen LogP contribution < -0.4 is 31.6 Å². The molecule has 0 aromatic carbocycles. The molecular weight excluding hydrogens is 310 g/mol. The Labute approximate surface area is 143 Å². The molecule has 0 saturated heterocycles. The lowest BCUT2D eigenvalue weighted by atomic mass is 10.3. The van der Waals surface area contributed by atoms with Crippen molar-refractivity contribution in [2.45, 2.75) is 32.7 Å². The van der Waals surface area contributed by atoms with E-state index in [4.69, 9.17) is 21.4 Å². The maximum absolute atomic E-state index is 11.6. The summed E-state index contributed by atoms with van der Waals surface area (Å²) in [7, 11) is 1.00. The Hall–Kier alpha value is -2.32. The van der Waals surface area contributed by atoms with Crippen molar-refractivity contribution >= 4 is 5.91 Å². The zero-order chi connectivity index (χ0) is 18.2. The van der Waals surface area contributed by atoms with Crippen molar-refractivity contribution < 1.29 is 19.2 Å². The molecule has 0 radical (unpaired) electrons. The van der Waals surface area contributed by atoms with Gasteiger partial charge in [-0.1, -0.05) is 6.92 Å². The van der Waals surface area contributed by atoms with Gasteiger partial charge in [-0.05, 0) is 0 Å². The summed E-state index contributed by atoms with van der Waals surface area (Å²) in [5.74, 6) is 5.80. The van der Waals surface area contributed by atoms with E-state index < -0.39 is 0 Å². The van der Waals surface area contributed by atoms with Gasteiger partial charge in [-0.3, -0.25) is 10.6 Å². The van der Waals surface area contributed by atoms with Crippen LogP contribution in [0.2, 0.25) is 0 Å². The SMILES string of the molecule is CCC[n+]1ccc(OCCC(=O)NCC/C(N)=C/NN)cc1.CO. The summed E-state index contributed by atoms with van der Waals surface area (Å²) >= 11 is 0. The van der Waals surface area contributed by atoms with E-state index >= 15 is 0 Å². The van der Waals surface area contributed by atoms with Gasteiger partial charge < -0.3 is 26.3 Å². The predicted molar refractivity (Wildman–Crippen MR) is 92.4 cm³/mol. The average Bonchev–Trinajstić information content (AvgIpc) is 2.59. The predicted octanol–water partition coefficient (Wildman–Crippen LogP) is -0.469. The van der Waals surface area contributed by atoms with E-state index in [1.165, 1.54) is 6.20 Å². The normalized spacial score (nSPS) is 10.4. The van der Waals surface area contributed by atoms with Crippen LogP contribution in [0.4, 0.5) is 0 Å². The number of aromatic nitrogens is 1. The summed E-state index contributed by atoms with van der Waals surface area (Å²) in [6.45, 7) is 3.94. The number of hydrazine groups is 1. The number of ether oxygens (including phenoxy) is 1. The number of nitrogens with one attached hydrogen (secondary N) is 2. The van der Waals surface area contributed by atoms with Gasteiger partial charge in [0.05, 0.1) is 13.0 Å². The first kappa shape index (κ1) is 21.7. The van der Waals surface area contributed by atoms with Crippen molar-refractivity contribution in [2.24, 2.45) is 11.6 Å². The third-order valence-electron chi connectivity index (χ3n) is 2.94. The van der Waals surface area contributed by atoms with Gasteiger partial charge in [0.1, 0.15) is 12.3 Å². The molecule has 0 spiro atoms. The van der Waals surface area contributed by atoms with Crippen LogP contribution in [-0.4, -0.2) is 31.3 Å². The molecular formula is C16H30N5O3+. The Morgan fingerprint density at radius 2 is 2.00 bits per heavy atom. The number of aliphatic hydroxyl groups is 1. The molecule has 7 N–H and O–H groups in total. The van der Waals surface area contributed by atoms with Gasteiger partial charge in [0.25, 0.3) is 0 Å². The molecule has 136 valence electrons. The number of amides is 1. The number of aliphatic hydroxyl groups excluding tert-OH is 1. The van der Waals surface area contributed by atoms with Crippen molar-refractivity contribution in [1.82, 2.24) is 10.7 Å². The van der Waals surface area contributed by atoms with Crippen LogP contribution in [0.3, 0.4) is 0 Å². The standard InChI is InChI=1S/C15H25N5O2.CH4O/c1-2-8-20-9-4-14(5-10-20)22-11-6-15(21)18-7-3-13(16)12-19-17;1-2/h4-5,9-10,12,19H,2-3,6-8,11,16-17H2,1H3;2H,1H3/p+1/b13-12-;. The Balaban J connectivity index is 0.00000254. The van der Waals surface area contributed by atoms with Gasteiger partial charge in [-0.25, -0.2) is 4.57 Å². The second kappa shape index (κ2) is 14.3. The lowest BCUT2D eigenvalue weighted by Gasteiger charge is -2.07. The number of nitrogens with two attached hydrogens (primary N) is 2. The minimum Gasteiger partial charge on any atom is -0.493 e. The Morgan fingerprint density at radius 1 is 1.33 bits per heavy atom. The van der Waals surface area contributed by atoms with E-state index in [9.17, 15) is 4.79 Å². The summed E-state index contributed by atoms with van der Waals surface area (Å²) in [5, 5.41) is 9.77. The molecule has 1 heterocycles. The highest BCUT2D eigenvalue weighted by Gasteiger charge is 2.03. The van der Waals surface area contributed by atoms with Crippen LogP contribution in [-0.2, 0) is 11.3 Å². The number of nitrogens with zero attached hydrogens (tertiary/aromatic N) is 1. The first-order chi connectivity index (χ1) is 11.7. The molecule has 24 heavy (non-hydrogen) atoms. The fourth-order valence-electron chi connectivity index (χ4n) is 1.82. The Morgan fingerprint density at radius 3 is 2.58 bits per heavy atom. The molecule has 0 aliphatic carbocycles. The lowest BCUT2D eigenvalue weighted by molar-refractivity contribution is -0.697. The first-order valence-electron chi connectivity index (χ1n) is 7.89. The summed E-state index contributed by atoms with van der Waals surface area (Å²) in [5.41, 5.74) is 8.56. The molecule has 0 bridgehead atoms. The molecule has 0 aliphatic heterocycles. The number of hydrogen-bond acceptors (Lipinski definition) is 6. The Kier molecular flexibility index (Phi) is 12.9. The van der Waals surface area contributed by atoms with E-state index in [0.717, 1.165) is 25.8 Å². The number of carbonyl (C=O) groups is 1. The number of pyridine rings is 1. The van der Waals surface area contributed by atoms with Gasteiger partial charge >= 0.3 is 0 Å². The van der Waals surface area contributed by atoms with E-state index in [-0.39, 0.29) is 5.91 Å². The fourth-order valence-corrected chi connectivity index (χ4v) is 1.82. The molecule has 0 saturated carbocycles. The van der Waals surface area contributed by atoms with Crippen LogP contribution in [0.1, 0.15) is 26.2 Å². The van der Waals surface area contributed by atoms with Crippen LogP contribution in [0.15, 0.2) is 36.4 Å². The van der Waals surface area contributed by atoms with Gasteiger partial charge in [-0.2, -0.15) is 0 Å². The van der Waals surface area contributed by atoms with Crippen molar-refractivity contribution in [2.75, 3.05) is 20.3 Å². The second-order valence-electron chi connectivity index (χ2n) is 4.86. The van der Waals surface area contributed by atoms with Crippen LogP contribution in [0.25, 0.3) is 0 Å². The van der Waals surface area contributed by atoms with Crippen molar-refractivity contribution in [3.63, 3.8) is 0 Å². The second-order valence-corrected chi connectivity index (χ2v) is 4.86. The molecule has 0 fully saturated rings. The van der Waals surface area contributed by atoms with Crippen LogP contribution in [0.5, 0.6) is 5.75 Å². The van der Waals surface area contributed by atoms with E-state index in [1.807, 2.05) is 24.5 Å². The number of aryl methyl sites for hydroxylation is 1. The van der Waals surface area contributed by atoms with E-state index in [0.29, 0.717) is 31.7 Å². The molecule has 8 heteroatoms. The van der Waals surface area contributed by atoms with Gasteiger partial charge in [-0.15, -0.1) is 0 Å². The van der Waals surface area contributed by atoms with Crippen LogP contribution >= 0.6 is 0 Å². The molecule has 0 atom stereocenters. The minimum absolute atomic E-state index is 0.0644. The highest BCUT2D eigenvalue weighted by atomic mass is 16.5. The zero-order valence-electron chi connectivity index (χ0n) is 14.5. The van der Waals surface area contributed by atoms with E-state index in [1.54, 1.807) is 0 Å². The number of carbonyl (C=O) groups excluding carboxylic acids is 1. The largest absolute Gasteiger partial charge is 0.493 e. The minimum atomic E-state index is -0.0644. The third-order valence-corrected chi connectivity index (χ3v) is 2.94. The van der Waals surface area contributed by atoms with Crippen molar-refractivity contribution in [1.29, 1.82) is 0 Å². The van der Waals surface area contributed by atoms with Gasteiger partial charge in [0, 0.05) is 50.5 Å². The molecule has 0 unspecified atom stereocenters. The summed E-state index contributed by atoms with van der Waals surface area (Å²) in [4.78, 5) is 11.6. The van der Waals surface area contributed by atoms with Gasteiger partial charge in [0.15, 0.2) is 12.4 Å². The highest BCUT2D eigenvalue weighted by molar-refractivity contribution is 5.75. The maximum atomic E-state index is 11.6. The molecule has 8 nitrogen and oxygen atoms in total. The summed E-state index contributed by atoms with van der Waals surface area (Å²) in [6.07, 6.45) is 7.39. The molecule has 1 aromatic heterocycles. The average molecular weight is 340 g/mol.